The summed E-state index contributed by atoms with van der Waals surface area (Å²) in [5.41, 5.74) is 0.702. The average molecular weight is 255 g/mol. The van der Waals surface area contributed by atoms with Gasteiger partial charge in [0.15, 0.2) is 10.3 Å². The molecule has 2 rings (SSSR count). The van der Waals surface area contributed by atoms with Crippen molar-refractivity contribution in [2.75, 3.05) is 0 Å². The van der Waals surface area contributed by atoms with Crippen molar-refractivity contribution in [1.82, 2.24) is 19.9 Å². The van der Waals surface area contributed by atoms with E-state index in [0.29, 0.717) is 11.4 Å². The second kappa shape index (κ2) is 4.91. The Bertz CT molecular complexity index is 482. The highest BCUT2D eigenvalue weighted by atomic mass is 35.5. The molecule has 2 heterocycles. The summed E-state index contributed by atoms with van der Waals surface area (Å²) >= 11 is 11.5. The quantitative estimate of drug-likeness (QED) is 0.610. The molecule has 0 aromatic carbocycles. The number of nitrogens with zero attached hydrogens (tertiary/aromatic N) is 6. The van der Waals surface area contributed by atoms with Crippen LogP contribution in [0.3, 0.4) is 0 Å². The third kappa shape index (κ3) is 2.47. The van der Waals surface area contributed by atoms with Gasteiger partial charge in [0.1, 0.15) is 24.0 Å². The standard InChI is InChI=1S/C8H4Cl2N6/c9-7-5(1-11-3-13-7)15-16-6-2-12-4-14-8(6)10/h1-4H/b16-15+. The lowest BCUT2D eigenvalue weighted by Crippen LogP contribution is -1.79. The van der Waals surface area contributed by atoms with Crippen molar-refractivity contribution in [3.63, 3.8) is 0 Å². The average Bonchev–Trinajstić information content (AvgIpc) is 2.30. The van der Waals surface area contributed by atoms with Gasteiger partial charge in [0, 0.05) is 0 Å². The molecule has 0 aliphatic heterocycles. The number of halogens is 2. The van der Waals surface area contributed by atoms with Crippen LogP contribution in [0.4, 0.5) is 11.4 Å². The molecule has 0 spiro atoms. The van der Waals surface area contributed by atoms with E-state index in [-0.39, 0.29) is 10.3 Å². The number of hydrogen-bond donors (Lipinski definition) is 0. The molecule has 0 N–H and O–H groups in total. The monoisotopic (exact) mass is 254 g/mol. The van der Waals surface area contributed by atoms with Gasteiger partial charge in [0.2, 0.25) is 0 Å². The lowest BCUT2D eigenvalue weighted by molar-refractivity contribution is 1.10. The van der Waals surface area contributed by atoms with Gasteiger partial charge in [0.05, 0.1) is 12.4 Å². The molecule has 16 heavy (non-hydrogen) atoms. The first kappa shape index (κ1) is 10.8. The van der Waals surface area contributed by atoms with Crippen molar-refractivity contribution in [2.24, 2.45) is 10.2 Å². The fraction of sp³-hybridized carbons (Fsp3) is 0. The molecule has 80 valence electrons. The molecule has 0 bridgehead atoms. The third-order valence-electron chi connectivity index (χ3n) is 1.56. The van der Waals surface area contributed by atoms with Crippen LogP contribution in [0, 0.1) is 0 Å². The van der Waals surface area contributed by atoms with Crippen LogP contribution in [0.5, 0.6) is 0 Å². The minimum Gasteiger partial charge on any atom is -0.242 e. The Hall–Kier alpha value is -1.66. The summed E-state index contributed by atoms with van der Waals surface area (Å²) < 4.78 is 0. The first-order chi connectivity index (χ1) is 7.77. The molecule has 2 aromatic heterocycles. The smallest absolute Gasteiger partial charge is 0.159 e. The van der Waals surface area contributed by atoms with E-state index in [2.05, 4.69) is 30.2 Å². The maximum absolute atomic E-state index is 5.76. The Kier molecular flexibility index (Phi) is 3.33. The second-order valence-electron chi connectivity index (χ2n) is 2.60. The Morgan fingerprint density at radius 1 is 0.812 bits per heavy atom. The molecular weight excluding hydrogens is 251 g/mol. The van der Waals surface area contributed by atoms with Crippen molar-refractivity contribution < 1.29 is 0 Å². The van der Waals surface area contributed by atoms with Crippen LogP contribution in [-0.2, 0) is 0 Å². The molecule has 0 unspecified atom stereocenters. The van der Waals surface area contributed by atoms with Gasteiger partial charge in [-0.25, -0.2) is 19.9 Å². The molecule has 0 aliphatic rings. The zero-order chi connectivity index (χ0) is 11.4. The van der Waals surface area contributed by atoms with Gasteiger partial charge < -0.3 is 0 Å². The van der Waals surface area contributed by atoms with Crippen molar-refractivity contribution in [3.8, 4) is 0 Å². The second-order valence-corrected chi connectivity index (χ2v) is 3.31. The zero-order valence-electron chi connectivity index (χ0n) is 7.75. The van der Waals surface area contributed by atoms with E-state index in [9.17, 15) is 0 Å². The summed E-state index contributed by atoms with van der Waals surface area (Å²) in [4.78, 5) is 15.0. The molecule has 0 saturated carbocycles. The molecule has 0 aliphatic carbocycles. The van der Waals surface area contributed by atoms with Crippen LogP contribution in [0.15, 0.2) is 35.3 Å². The highest BCUT2D eigenvalue weighted by Gasteiger charge is 2.01. The van der Waals surface area contributed by atoms with Crippen LogP contribution in [-0.4, -0.2) is 19.9 Å². The van der Waals surface area contributed by atoms with E-state index >= 15 is 0 Å². The van der Waals surface area contributed by atoms with Crippen molar-refractivity contribution in [2.45, 2.75) is 0 Å². The molecule has 6 nitrogen and oxygen atoms in total. The first-order valence-corrected chi connectivity index (χ1v) is 4.85. The molecule has 0 atom stereocenters. The SMILES string of the molecule is Clc1ncncc1/N=N/c1cncnc1Cl. The van der Waals surface area contributed by atoms with Crippen LogP contribution in [0.1, 0.15) is 0 Å². The highest BCUT2D eigenvalue weighted by molar-refractivity contribution is 6.32. The summed E-state index contributed by atoms with van der Waals surface area (Å²) in [5, 5.41) is 8.11. The summed E-state index contributed by atoms with van der Waals surface area (Å²) in [5.74, 6) is 0. The summed E-state index contributed by atoms with van der Waals surface area (Å²) in [6.07, 6.45) is 5.52. The molecule has 0 radical (unpaired) electrons. The van der Waals surface area contributed by atoms with E-state index in [1.54, 1.807) is 0 Å². The minimum absolute atomic E-state index is 0.215. The summed E-state index contributed by atoms with van der Waals surface area (Å²) in [6, 6.07) is 0. The summed E-state index contributed by atoms with van der Waals surface area (Å²) in [6.45, 7) is 0. The van der Waals surface area contributed by atoms with Gasteiger partial charge in [-0.05, 0) is 0 Å². The zero-order valence-corrected chi connectivity index (χ0v) is 9.26. The number of hydrogen-bond acceptors (Lipinski definition) is 6. The van der Waals surface area contributed by atoms with Crippen LogP contribution < -0.4 is 0 Å². The molecule has 2 aromatic rings. The van der Waals surface area contributed by atoms with Crippen LogP contribution in [0.25, 0.3) is 0 Å². The Balaban J connectivity index is 2.29. The molecule has 0 saturated heterocycles. The maximum Gasteiger partial charge on any atom is 0.159 e. The summed E-state index contributed by atoms with van der Waals surface area (Å²) in [7, 11) is 0. The fourth-order valence-electron chi connectivity index (χ4n) is 0.857. The van der Waals surface area contributed by atoms with Gasteiger partial charge in [0.25, 0.3) is 0 Å². The predicted molar refractivity (Wildman–Crippen MR) is 58.3 cm³/mol. The Labute approximate surface area is 100 Å². The van der Waals surface area contributed by atoms with E-state index in [4.69, 9.17) is 23.2 Å². The topological polar surface area (TPSA) is 76.3 Å². The van der Waals surface area contributed by atoms with E-state index in [0.717, 1.165) is 0 Å². The van der Waals surface area contributed by atoms with Crippen LogP contribution >= 0.6 is 23.2 Å². The third-order valence-corrected chi connectivity index (χ3v) is 2.14. The number of azo groups is 1. The normalized spacial score (nSPS) is 10.9. The van der Waals surface area contributed by atoms with E-state index < -0.39 is 0 Å². The predicted octanol–water partition coefficient (Wildman–Crippen LogP) is 2.99. The number of rotatable bonds is 2. The maximum atomic E-state index is 5.76. The highest BCUT2D eigenvalue weighted by Crippen LogP contribution is 2.25. The van der Waals surface area contributed by atoms with E-state index in [1.807, 2.05) is 0 Å². The van der Waals surface area contributed by atoms with E-state index in [1.165, 1.54) is 25.0 Å². The fourth-order valence-corrected chi connectivity index (χ4v) is 1.12. The minimum atomic E-state index is 0.215. The van der Waals surface area contributed by atoms with Crippen molar-refractivity contribution in [1.29, 1.82) is 0 Å². The van der Waals surface area contributed by atoms with Gasteiger partial charge in [-0.1, -0.05) is 23.2 Å². The van der Waals surface area contributed by atoms with Gasteiger partial charge in [-0.15, -0.1) is 10.2 Å². The van der Waals surface area contributed by atoms with Gasteiger partial charge in [-0.3, -0.25) is 0 Å². The lowest BCUT2D eigenvalue weighted by Gasteiger charge is -1.95. The van der Waals surface area contributed by atoms with Crippen LogP contribution in [0.2, 0.25) is 10.3 Å². The first-order valence-electron chi connectivity index (χ1n) is 4.10. The lowest BCUT2D eigenvalue weighted by atomic mass is 10.5. The molecule has 8 heteroatoms. The molecule has 0 fully saturated rings. The molecular formula is C8H4Cl2N6. The van der Waals surface area contributed by atoms with Crippen molar-refractivity contribution in [3.05, 3.63) is 35.4 Å². The largest absolute Gasteiger partial charge is 0.242 e. The van der Waals surface area contributed by atoms with Crippen molar-refractivity contribution >= 4 is 34.6 Å². The van der Waals surface area contributed by atoms with Gasteiger partial charge >= 0.3 is 0 Å². The Morgan fingerprint density at radius 2 is 1.25 bits per heavy atom. The molecule has 0 amide bonds. The van der Waals surface area contributed by atoms with Gasteiger partial charge in [-0.2, -0.15) is 0 Å². The Morgan fingerprint density at radius 3 is 1.62 bits per heavy atom. The number of aromatic nitrogens is 4.